The molecule has 0 spiro atoms. The fourth-order valence-electron chi connectivity index (χ4n) is 7.47. The number of nitrogens with zero attached hydrogens (tertiary/aromatic N) is 6. The maximum atomic E-state index is 15.5. The third kappa shape index (κ3) is 4.38. The first-order valence-electron chi connectivity index (χ1n) is 16.8. The van der Waals surface area contributed by atoms with Gasteiger partial charge in [0.1, 0.15) is 28.8 Å². The number of pyridine rings is 2. The molecule has 10 aromatic rings. The number of benzene rings is 5. The topological polar surface area (TPSA) is 70.5 Å². The highest BCUT2D eigenvalue weighted by molar-refractivity contribution is 7.85. The summed E-state index contributed by atoms with van der Waals surface area (Å²) in [5.74, 6) is 0. The lowest BCUT2D eigenvalue weighted by Gasteiger charge is -2.21. The highest BCUT2D eigenvalue weighted by Crippen LogP contribution is 2.44. The lowest BCUT2D eigenvalue weighted by Crippen LogP contribution is -2.25. The number of rotatable bonds is 6. The minimum Gasteiger partial charge on any atom is -0.309 e. The third-order valence-corrected chi connectivity index (χ3v) is 12.8. The summed E-state index contributed by atoms with van der Waals surface area (Å²) in [6.07, 6.45) is 5.54. The molecular weight excluding hydrogens is 647 g/mol. The van der Waals surface area contributed by atoms with Gasteiger partial charge in [-0.2, -0.15) is 0 Å². The molecule has 5 aromatic carbocycles. The van der Waals surface area contributed by atoms with Gasteiger partial charge in [-0.25, -0.2) is 15.0 Å². The summed E-state index contributed by atoms with van der Waals surface area (Å²) in [5.41, 5.74) is 7.15. The highest BCUT2D eigenvalue weighted by Gasteiger charge is 2.31. The molecule has 7 nitrogen and oxygen atoms in total. The van der Waals surface area contributed by atoms with Crippen LogP contribution >= 0.6 is 7.14 Å². The number of imidazole rings is 1. The quantitative estimate of drug-likeness (QED) is 0.166. The van der Waals surface area contributed by atoms with Crippen LogP contribution in [0.1, 0.15) is 0 Å². The van der Waals surface area contributed by atoms with Crippen LogP contribution in [-0.2, 0) is 4.57 Å². The first kappa shape index (κ1) is 29.4. The van der Waals surface area contributed by atoms with Crippen LogP contribution in [0.15, 0.2) is 176 Å². The van der Waals surface area contributed by atoms with E-state index in [1.165, 1.54) is 0 Å². The van der Waals surface area contributed by atoms with Gasteiger partial charge in [-0.05, 0) is 60.7 Å². The van der Waals surface area contributed by atoms with Gasteiger partial charge in [-0.15, -0.1) is 0 Å². The molecule has 8 heteroatoms. The first-order valence-corrected chi connectivity index (χ1v) is 18.5. The fourth-order valence-corrected chi connectivity index (χ4v) is 10.2. The Morgan fingerprint density at radius 3 is 1.73 bits per heavy atom. The second-order valence-corrected chi connectivity index (χ2v) is 15.3. The van der Waals surface area contributed by atoms with Crippen molar-refractivity contribution < 1.29 is 4.57 Å². The minimum atomic E-state index is -3.25. The van der Waals surface area contributed by atoms with Gasteiger partial charge in [0.15, 0.2) is 7.14 Å². The Kier molecular flexibility index (Phi) is 6.63. The number of para-hydroxylation sites is 2. The molecule has 0 bridgehead atoms. The van der Waals surface area contributed by atoms with E-state index >= 15 is 4.57 Å². The molecule has 0 aliphatic carbocycles. The van der Waals surface area contributed by atoms with Crippen molar-refractivity contribution in [3.05, 3.63) is 176 Å². The zero-order chi connectivity index (χ0) is 33.9. The van der Waals surface area contributed by atoms with Crippen LogP contribution in [0.2, 0.25) is 0 Å². The maximum Gasteiger partial charge on any atom is 0.171 e. The molecule has 0 N–H and O–H groups in total. The van der Waals surface area contributed by atoms with Crippen molar-refractivity contribution in [3.8, 4) is 17.1 Å². The summed E-state index contributed by atoms with van der Waals surface area (Å²) >= 11 is 0. The summed E-state index contributed by atoms with van der Waals surface area (Å²) in [4.78, 5) is 14.9. The Hall–Kier alpha value is -6.56. The predicted octanol–water partition coefficient (Wildman–Crippen LogP) is 8.50. The van der Waals surface area contributed by atoms with E-state index in [9.17, 15) is 0 Å². The molecule has 242 valence electrons. The van der Waals surface area contributed by atoms with E-state index in [4.69, 9.17) is 15.0 Å². The monoisotopic (exact) mass is 676 g/mol. The lowest BCUT2D eigenvalue weighted by atomic mass is 10.2. The van der Waals surface area contributed by atoms with Crippen molar-refractivity contribution in [3.63, 3.8) is 0 Å². The molecule has 0 radical (unpaired) electrons. The number of fused-ring (bicyclic) bond motifs is 6. The van der Waals surface area contributed by atoms with Crippen LogP contribution in [0.4, 0.5) is 0 Å². The van der Waals surface area contributed by atoms with Gasteiger partial charge >= 0.3 is 0 Å². The summed E-state index contributed by atoms with van der Waals surface area (Å²) in [7, 11) is -3.25. The zero-order valence-electron chi connectivity index (χ0n) is 27.3. The van der Waals surface area contributed by atoms with Gasteiger partial charge in [-0.1, -0.05) is 97.1 Å². The van der Waals surface area contributed by atoms with E-state index in [2.05, 4.69) is 68.3 Å². The van der Waals surface area contributed by atoms with Gasteiger partial charge in [0.25, 0.3) is 0 Å². The van der Waals surface area contributed by atoms with Crippen molar-refractivity contribution in [1.29, 1.82) is 0 Å². The Labute approximate surface area is 293 Å². The predicted molar refractivity (Wildman–Crippen MR) is 207 cm³/mol. The van der Waals surface area contributed by atoms with Gasteiger partial charge in [0.05, 0.1) is 11.2 Å². The van der Waals surface area contributed by atoms with Crippen LogP contribution in [0.5, 0.6) is 0 Å². The minimum absolute atomic E-state index is 0.743. The van der Waals surface area contributed by atoms with E-state index in [1.54, 1.807) is 0 Å². The Balaban J connectivity index is 1.29. The highest BCUT2D eigenvalue weighted by atomic mass is 31.2. The smallest absolute Gasteiger partial charge is 0.171 e. The largest absolute Gasteiger partial charge is 0.309 e. The zero-order valence-corrected chi connectivity index (χ0v) is 28.2. The molecular formula is C43H29N6OP. The molecule has 0 fully saturated rings. The molecule has 0 unspecified atom stereocenters. The lowest BCUT2D eigenvalue weighted by molar-refractivity contribution is 0.592. The van der Waals surface area contributed by atoms with E-state index in [-0.39, 0.29) is 0 Å². The molecule has 10 rings (SSSR count). The van der Waals surface area contributed by atoms with Crippen LogP contribution in [0, 0.1) is 0 Å². The maximum absolute atomic E-state index is 15.5. The molecule has 0 amide bonds. The van der Waals surface area contributed by atoms with Crippen molar-refractivity contribution in [1.82, 2.24) is 28.7 Å². The summed E-state index contributed by atoms with van der Waals surface area (Å²) in [5, 5.41) is 5.37. The summed E-state index contributed by atoms with van der Waals surface area (Å²) in [6.45, 7) is 0. The second-order valence-electron chi connectivity index (χ2n) is 12.5. The molecule has 5 aromatic heterocycles. The average Bonchev–Trinajstić information content (AvgIpc) is 3.89. The number of hydrogen-bond acceptors (Lipinski definition) is 4. The third-order valence-electron chi connectivity index (χ3n) is 9.70. The van der Waals surface area contributed by atoms with Gasteiger partial charge in [-0.3, -0.25) is 13.7 Å². The fraction of sp³-hybridized carbons (Fsp3) is 0. The van der Waals surface area contributed by atoms with Crippen molar-refractivity contribution >= 4 is 67.2 Å². The molecule has 0 aliphatic heterocycles. The Morgan fingerprint density at radius 1 is 0.490 bits per heavy atom. The molecule has 0 saturated carbocycles. The van der Waals surface area contributed by atoms with Crippen LogP contribution in [0.25, 0.3) is 61.2 Å². The van der Waals surface area contributed by atoms with Crippen molar-refractivity contribution in [2.45, 2.75) is 0 Å². The molecule has 5 heterocycles. The van der Waals surface area contributed by atoms with Gasteiger partial charge in [0.2, 0.25) is 0 Å². The van der Waals surface area contributed by atoms with Crippen molar-refractivity contribution in [2.24, 2.45) is 0 Å². The Morgan fingerprint density at radius 2 is 1.06 bits per heavy atom. The van der Waals surface area contributed by atoms with E-state index in [0.717, 1.165) is 77.1 Å². The Bertz CT molecular complexity index is 2900. The van der Waals surface area contributed by atoms with E-state index < -0.39 is 7.14 Å². The molecule has 51 heavy (non-hydrogen) atoms. The normalized spacial score (nSPS) is 12.0. The summed E-state index contributed by atoms with van der Waals surface area (Å²) in [6, 6.07) is 52.4. The second kappa shape index (κ2) is 11.5. The van der Waals surface area contributed by atoms with E-state index in [1.807, 2.05) is 122 Å². The van der Waals surface area contributed by atoms with Gasteiger partial charge < -0.3 is 4.57 Å². The van der Waals surface area contributed by atoms with Crippen LogP contribution in [-0.4, -0.2) is 28.7 Å². The number of hydrogen-bond donors (Lipinski definition) is 0. The SMILES string of the molecule is O=P(c1ccccc1)(c1ccccc1)c1cccc(-n2c3ncccc3c3c4cccnc4n(-c4cccc5c4ncn5-c4ccccc4)c32)c1. The first-order chi connectivity index (χ1) is 25.2. The molecule has 0 atom stereocenters. The standard InChI is InChI=1S/C43H29N6OP/c50-51(32-17-6-2-7-18-32,33-19-8-3-9-20-33)34-21-10-16-31(28-34)48-41-35(22-12-26-44-41)39-36-23-13-27-45-42(36)49(43(39)48)38-25-11-24-37-40(38)46-29-47(37)30-14-4-1-5-15-30/h1-29H. The number of aromatic nitrogens is 6. The van der Waals surface area contributed by atoms with Gasteiger partial charge in [0, 0.05) is 55.8 Å². The van der Waals surface area contributed by atoms with Crippen molar-refractivity contribution in [2.75, 3.05) is 0 Å². The van der Waals surface area contributed by atoms with Crippen LogP contribution in [0.3, 0.4) is 0 Å². The molecule has 0 saturated heterocycles. The average molecular weight is 677 g/mol. The molecule has 0 aliphatic rings. The van der Waals surface area contributed by atoms with E-state index in [0.29, 0.717) is 0 Å². The summed E-state index contributed by atoms with van der Waals surface area (Å²) < 4.78 is 22.0. The van der Waals surface area contributed by atoms with Crippen LogP contribution < -0.4 is 15.9 Å².